The van der Waals surface area contributed by atoms with Crippen LogP contribution < -0.4 is 25.0 Å². The van der Waals surface area contributed by atoms with Crippen molar-refractivity contribution in [2.24, 2.45) is 0 Å². The maximum atomic E-state index is 12.9. The van der Waals surface area contributed by atoms with Gasteiger partial charge in [0.25, 0.3) is 5.91 Å². The van der Waals surface area contributed by atoms with Crippen molar-refractivity contribution in [3.05, 3.63) is 88.7 Å². The SMILES string of the molecule is COc1ccc(Oc2nc(Nc3ccc(N4CCOCC4)cc3)ncc2NC(=O)c2ccnc([N+](=O)[O-])c2)cc1. The lowest BCUT2D eigenvalue weighted by molar-refractivity contribution is -0.389. The van der Waals surface area contributed by atoms with Gasteiger partial charge in [0.2, 0.25) is 11.8 Å². The molecule has 0 atom stereocenters. The van der Waals surface area contributed by atoms with Crippen molar-refractivity contribution < 1.29 is 23.9 Å². The molecule has 2 aromatic carbocycles. The molecule has 204 valence electrons. The van der Waals surface area contributed by atoms with Crippen molar-refractivity contribution in [2.45, 2.75) is 0 Å². The molecule has 0 saturated carbocycles. The van der Waals surface area contributed by atoms with Gasteiger partial charge in [-0.3, -0.25) is 4.79 Å². The number of methoxy groups -OCH3 is 1. The Labute approximate surface area is 228 Å². The summed E-state index contributed by atoms with van der Waals surface area (Å²) in [4.78, 5) is 38.0. The summed E-state index contributed by atoms with van der Waals surface area (Å²) in [5, 5.41) is 16.9. The first-order valence-electron chi connectivity index (χ1n) is 12.3. The molecule has 0 radical (unpaired) electrons. The number of nitrogens with one attached hydrogen (secondary N) is 2. The Morgan fingerprint density at radius 2 is 1.75 bits per heavy atom. The van der Waals surface area contributed by atoms with Crippen LogP contribution in [0.15, 0.2) is 73.1 Å². The van der Waals surface area contributed by atoms with Gasteiger partial charge in [-0.1, -0.05) is 0 Å². The number of benzene rings is 2. The van der Waals surface area contributed by atoms with Gasteiger partial charge in [0.1, 0.15) is 23.4 Å². The van der Waals surface area contributed by atoms with Crippen molar-refractivity contribution in [3.8, 4) is 17.4 Å². The lowest BCUT2D eigenvalue weighted by Gasteiger charge is -2.28. The van der Waals surface area contributed by atoms with Gasteiger partial charge in [-0.2, -0.15) is 4.98 Å². The fraction of sp³-hybridized carbons (Fsp3) is 0.185. The van der Waals surface area contributed by atoms with Crippen LogP contribution in [-0.4, -0.2) is 59.2 Å². The van der Waals surface area contributed by atoms with Crippen LogP contribution in [0.2, 0.25) is 0 Å². The Hall–Kier alpha value is -5.30. The van der Waals surface area contributed by atoms with E-state index < -0.39 is 16.6 Å². The smallest absolute Gasteiger partial charge is 0.364 e. The van der Waals surface area contributed by atoms with Crippen molar-refractivity contribution in [1.82, 2.24) is 15.0 Å². The van der Waals surface area contributed by atoms with Gasteiger partial charge < -0.3 is 39.9 Å². The summed E-state index contributed by atoms with van der Waals surface area (Å²) in [7, 11) is 1.56. The minimum atomic E-state index is -0.675. The summed E-state index contributed by atoms with van der Waals surface area (Å²) in [5.41, 5.74) is 2.05. The zero-order valence-corrected chi connectivity index (χ0v) is 21.4. The number of nitro groups is 1. The Kier molecular flexibility index (Phi) is 7.92. The Bertz CT molecular complexity index is 1490. The topological polar surface area (TPSA) is 154 Å². The highest BCUT2D eigenvalue weighted by atomic mass is 16.6. The van der Waals surface area contributed by atoms with Gasteiger partial charge in [0.15, 0.2) is 0 Å². The van der Waals surface area contributed by atoms with E-state index in [0.29, 0.717) is 24.7 Å². The molecule has 2 N–H and O–H groups in total. The summed E-state index contributed by atoms with van der Waals surface area (Å²) >= 11 is 0. The predicted octanol–water partition coefficient (Wildman–Crippen LogP) is 4.41. The average Bonchev–Trinajstić information content (AvgIpc) is 2.99. The summed E-state index contributed by atoms with van der Waals surface area (Å²) in [6.07, 6.45) is 2.58. The zero-order chi connectivity index (χ0) is 27.9. The average molecular weight is 544 g/mol. The molecule has 0 unspecified atom stereocenters. The minimum absolute atomic E-state index is 0.0413. The largest absolute Gasteiger partial charge is 0.497 e. The molecule has 0 bridgehead atoms. The minimum Gasteiger partial charge on any atom is -0.497 e. The lowest BCUT2D eigenvalue weighted by atomic mass is 10.2. The number of morpholine rings is 1. The molecule has 40 heavy (non-hydrogen) atoms. The Morgan fingerprint density at radius 3 is 2.45 bits per heavy atom. The van der Waals surface area contributed by atoms with E-state index in [1.54, 1.807) is 31.4 Å². The molecular formula is C27H25N7O6. The van der Waals surface area contributed by atoms with E-state index in [0.717, 1.165) is 30.5 Å². The molecule has 0 spiro atoms. The number of hydrogen-bond acceptors (Lipinski definition) is 11. The molecule has 1 aliphatic rings. The van der Waals surface area contributed by atoms with Crippen LogP contribution in [0, 0.1) is 10.1 Å². The molecule has 0 aliphatic carbocycles. The first-order chi connectivity index (χ1) is 19.5. The van der Waals surface area contributed by atoms with Gasteiger partial charge in [-0.25, -0.2) is 4.98 Å². The molecule has 3 heterocycles. The van der Waals surface area contributed by atoms with Gasteiger partial charge in [-0.15, -0.1) is 0 Å². The van der Waals surface area contributed by atoms with E-state index in [-0.39, 0.29) is 23.1 Å². The van der Waals surface area contributed by atoms with Crippen LogP contribution >= 0.6 is 0 Å². The number of rotatable bonds is 9. The lowest BCUT2D eigenvalue weighted by Crippen LogP contribution is -2.36. The Balaban J connectivity index is 1.38. The quantitative estimate of drug-likeness (QED) is 0.228. The fourth-order valence-electron chi connectivity index (χ4n) is 3.91. The third kappa shape index (κ3) is 6.39. The Morgan fingerprint density at radius 1 is 1.02 bits per heavy atom. The number of ether oxygens (including phenoxy) is 3. The summed E-state index contributed by atoms with van der Waals surface area (Å²) < 4.78 is 16.6. The normalized spacial score (nSPS) is 12.9. The van der Waals surface area contributed by atoms with Gasteiger partial charge in [0, 0.05) is 30.5 Å². The first kappa shape index (κ1) is 26.3. The highest BCUT2D eigenvalue weighted by molar-refractivity contribution is 6.05. The number of aromatic nitrogens is 3. The molecule has 1 aliphatic heterocycles. The summed E-state index contributed by atoms with van der Waals surface area (Å²) in [6, 6.07) is 17.1. The second-order valence-corrected chi connectivity index (χ2v) is 8.58. The third-order valence-electron chi connectivity index (χ3n) is 5.97. The van der Waals surface area contributed by atoms with Crippen LogP contribution in [-0.2, 0) is 4.74 Å². The monoisotopic (exact) mass is 543 g/mol. The molecule has 1 fully saturated rings. The molecule has 4 aromatic rings. The number of pyridine rings is 1. The second-order valence-electron chi connectivity index (χ2n) is 8.58. The molecule has 1 amide bonds. The first-order valence-corrected chi connectivity index (χ1v) is 12.3. The van der Waals surface area contributed by atoms with Crippen molar-refractivity contribution in [1.29, 1.82) is 0 Å². The van der Waals surface area contributed by atoms with Crippen LogP contribution in [0.1, 0.15) is 10.4 Å². The molecular weight excluding hydrogens is 518 g/mol. The van der Waals surface area contributed by atoms with Crippen LogP contribution in [0.4, 0.5) is 28.8 Å². The van der Waals surface area contributed by atoms with Gasteiger partial charge in [0.05, 0.1) is 32.1 Å². The number of nitrogens with zero attached hydrogens (tertiary/aromatic N) is 5. The number of carbonyl (C=O) groups excluding carboxylic acids is 1. The molecule has 13 heteroatoms. The summed E-state index contributed by atoms with van der Waals surface area (Å²) in [6.45, 7) is 3.07. The maximum absolute atomic E-state index is 12.9. The number of hydrogen-bond donors (Lipinski definition) is 2. The van der Waals surface area contributed by atoms with E-state index in [9.17, 15) is 14.9 Å². The van der Waals surface area contributed by atoms with Gasteiger partial charge in [-0.05, 0) is 64.5 Å². The molecule has 5 rings (SSSR count). The fourth-order valence-corrected chi connectivity index (χ4v) is 3.91. The van der Waals surface area contributed by atoms with Crippen molar-refractivity contribution in [3.63, 3.8) is 0 Å². The zero-order valence-electron chi connectivity index (χ0n) is 21.4. The highest BCUT2D eigenvalue weighted by Gasteiger charge is 2.18. The van der Waals surface area contributed by atoms with Crippen LogP contribution in [0.25, 0.3) is 0 Å². The third-order valence-corrected chi connectivity index (χ3v) is 5.97. The predicted molar refractivity (Wildman–Crippen MR) is 147 cm³/mol. The highest BCUT2D eigenvalue weighted by Crippen LogP contribution is 2.30. The van der Waals surface area contributed by atoms with E-state index in [1.807, 2.05) is 24.3 Å². The van der Waals surface area contributed by atoms with Crippen LogP contribution in [0.5, 0.6) is 17.4 Å². The van der Waals surface area contributed by atoms with E-state index >= 15 is 0 Å². The standard InChI is InChI=1S/C27H25N7O6/c1-38-21-6-8-22(9-7-21)40-26-23(31-25(35)18-10-11-28-24(16-18)34(36)37)17-29-27(32-26)30-19-2-4-20(5-3-19)33-12-14-39-15-13-33/h2-11,16-17H,12-15H2,1H3,(H,31,35)(H,29,30,32). The van der Waals surface area contributed by atoms with Crippen molar-refractivity contribution >= 4 is 34.7 Å². The van der Waals surface area contributed by atoms with Crippen molar-refractivity contribution in [2.75, 3.05) is 48.9 Å². The van der Waals surface area contributed by atoms with Gasteiger partial charge >= 0.3 is 5.82 Å². The molecule has 1 saturated heterocycles. The maximum Gasteiger partial charge on any atom is 0.364 e. The summed E-state index contributed by atoms with van der Waals surface area (Å²) in [5.74, 6) is 0.316. The van der Waals surface area contributed by atoms with E-state index in [4.69, 9.17) is 14.2 Å². The molecule has 2 aromatic heterocycles. The number of amides is 1. The molecule has 13 nitrogen and oxygen atoms in total. The van der Waals surface area contributed by atoms with E-state index in [1.165, 1.54) is 18.5 Å². The van der Waals surface area contributed by atoms with Crippen LogP contribution in [0.3, 0.4) is 0 Å². The second kappa shape index (κ2) is 12.0. The number of anilines is 4. The number of carbonyl (C=O) groups is 1. The van der Waals surface area contributed by atoms with E-state index in [2.05, 4.69) is 30.5 Å².